The molecule has 0 aliphatic rings. The Balaban J connectivity index is 1.62. The van der Waals surface area contributed by atoms with Crippen LogP contribution in [0.15, 0.2) is 121 Å². The maximum absolute atomic E-state index is 11.5. The molecule has 286 valence electrons. The maximum atomic E-state index is 11.5. The quantitative estimate of drug-likeness (QED) is 0.191. The summed E-state index contributed by atoms with van der Waals surface area (Å²) >= 11 is 0. The first-order valence-corrected chi connectivity index (χ1v) is 19.9. The van der Waals surface area contributed by atoms with Crippen LogP contribution in [0.4, 0.5) is 0 Å². The van der Waals surface area contributed by atoms with Crippen LogP contribution in [0.2, 0.25) is 0 Å². The van der Waals surface area contributed by atoms with Crippen LogP contribution in [0.5, 0.6) is 5.75 Å². The van der Waals surface area contributed by atoms with Crippen molar-refractivity contribution < 1.29 is 5.11 Å². The first kappa shape index (κ1) is 38.8. The zero-order valence-corrected chi connectivity index (χ0v) is 35.3. The second-order valence-corrected chi connectivity index (χ2v) is 19.4. The van der Waals surface area contributed by atoms with E-state index in [4.69, 9.17) is 9.97 Å². The fraction of sp³-hybridized carbons (Fsp3) is 0.308. The van der Waals surface area contributed by atoms with E-state index in [1.165, 1.54) is 22.3 Å². The predicted molar refractivity (Wildman–Crippen MR) is 237 cm³/mol. The Bertz CT molecular complexity index is 2530. The van der Waals surface area contributed by atoms with E-state index in [9.17, 15) is 5.11 Å². The lowest BCUT2D eigenvalue weighted by molar-refractivity contribution is 0.477. The number of benzene rings is 5. The van der Waals surface area contributed by atoms with Gasteiger partial charge in [-0.15, -0.1) is 0 Å². The fourth-order valence-electron chi connectivity index (χ4n) is 8.04. The van der Waals surface area contributed by atoms with Crippen molar-refractivity contribution in [2.24, 2.45) is 0 Å². The van der Waals surface area contributed by atoms with Crippen molar-refractivity contribution in [3.05, 3.63) is 144 Å². The molecule has 0 amide bonds. The SMILES string of the molecule is CC(C)(C)c1cc(C(C)(C)C)c(-c2cccc3c2nc(-c2ccccc2O)n3-c2c(C(C)(C)C)cccc2C(C)(C)C)cc1-c1cc(-c2ccccc2)ccn1. The number of phenolic OH excluding ortho intramolecular Hbond substituents is 1. The molecule has 0 spiro atoms. The van der Waals surface area contributed by atoms with Crippen LogP contribution in [0.3, 0.4) is 0 Å². The zero-order valence-electron chi connectivity index (χ0n) is 35.3. The molecule has 0 radical (unpaired) electrons. The summed E-state index contributed by atoms with van der Waals surface area (Å²) in [5, 5.41) is 11.5. The minimum absolute atomic E-state index is 0.149. The van der Waals surface area contributed by atoms with Gasteiger partial charge in [0.05, 0.1) is 28.0 Å². The highest BCUT2D eigenvalue weighted by molar-refractivity contribution is 5.98. The van der Waals surface area contributed by atoms with Gasteiger partial charge in [0, 0.05) is 17.3 Å². The number of aromatic hydroxyl groups is 1. The number of hydrogen-bond acceptors (Lipinski definition) is 3. The van der Waals surface area contributed by atoms with Gasteiger partial charge in [-0.05, 0) is 97.0 Å². The Hall–Kier alpha value is -5.48. The van der Waals surface area contributed by atoms with Crippen LogP contribution < -0.4 is 0 Å². The molecule has 1 N–H and O–H groups in total. The van der Waals surface area contributed by atoms with Gasteiger partial charge in [-0.1, -0.05) is 162 Å². The second-order valence-electron chi connectivity index (χ2n) is 19.4. The number of pyridine rings is 1. The first-order chi connectivity index (χ1) is 26.2. The van der Waals surface area contributed by atoms with Crippen molar-refractivity contribution >= 4 is 11.0 Å². The van der Waals surface area contributed by atoms with Crippen LogP contribution in [0, 0.1) is 0 Å². The topological polar surface area (TPSA) is 50.9 Å². The van der Waals surface area contributed by atoms with Gasteiger partial charge in [-0.2, -0.15) is 0 Å². The second kappa shape index (κ2) is 13.9. The van der Waals surface area contributed by atoms with Crippen LogP contribution in [0.25, 0.3) is 61.6 Å². The Kier molecular flexibility index (Phi) is 9.64. The van der Waals surface area contributed by atoms with Crippen molar-refractivity contribution in [1.82, 2.24) is 14.5 Å². The molecule has 56 heavy (non-hydrogen) atoms. The van der Waals surface area contributed by atoms with Crippen molar-refractivity contribution in [1.29, 1.82) is 0 Å². The molecule has 7 aromatic rings. The monoisotopic (exact) mass is 739 g/mol. The first-order valence-electron chi connectivity index (χ1n) is 19.9. The summed E-state index contributed by atoms with van der Waals surface area (Å²) < 4.78 is 2.32. The van der Waals surface area contributed by atoms with Gasteiger partial charge in [0.25, 0.3) is 0 Å². The smallest absolute Gasteiger partial charge is 0.149 e. The van der Waals surface area contributed by atoms with Crippen molar-refractivity contribution in [2.45, 2.75) is 105 Å². The number of para-hydroxylation sites is 3. The van der Waals surface area contributed by atoms with Crippen LogP contribution in [-0.4, -0.2) is 19.6 Å². The third kappa shape index (κ3) is 7.18. The van der Waals surface area contributed by atoms with Crippen LogP contribution in [0.1, 0.15) is 105 Å². The van der Waals surface area contributed by atoms with Crippen molar-refractivity contribution in [2.75, 3.05) is 0 Å². The Morgan fingerprint density at radius 1 is 0.464 bits per heavy atom. The fourth-order valence-corrected chi connectivity index (χ4v) is 8.04. The normalized spacial score (nSPS) is 12.7. The third-order valence-electron chi connectivity index (χ3n) is 10.9. The molecule has 5 aromatic carbocycles. The molecular weight excluding hydrogens is 683 g/mol. The Morgan fingerprint density at radius 3 is 1.62 bits per heavy atom. The lowest BCUT2D eigenvalue weighted by Gasteiger charge is -2.31. The number of phenols is 1. The number of rotatable bonds is 5. The highest BCUT2D eigenvalue weighted by Gasteiger charge is 2.32. The van der Waals surface area contributed by atoms with Gasteiger partial charge in [0.2, 0.25) is 0 Å². The van der Waals surface area contributed by atoms with E-state index in [0.29, 0.717) is 11.4 Å². The predicted octanol–water partition coefficient (Wildman–Crippen LogP) is 14.0. The highest BCUT2D eigenvalue weighted by atomic mass is 16.3. The van der Waals surface area contributed by atoms with Crippen molar-refractivity contribution in [3.8, 4) is 56.3 Å². The van der Waals surface area contributed by atoms with E-state index >= 15 is 0 Å². The third-order valence-corrected chi connectivity index (χ3v) is 10.9. The largest absolute Gasteiger partial charge is 0.507 e. The van der Waals surface area contributed by atoms with E-state index in [2.05, 4.69) is 179 Å². The summed E-state index contributed by atoms with van der Waals surface area (Å²) in [6.45, 7) is 27.4. The molecule has 4 nitrogen and oxygen atoms in total. The van der Waals surface area contributed by atoms with Gasteiger partial charge in [0.1, 0.15) is 11.6 Å². The minimum atomic E-state index is -0.184. The molecule has 7 rings (SSSR count). The molecule has 2 heterocycles. The average Bonchev–Trinajstić information content (AvgIpc) is 3.52. The molecule has 0 saturated heterocycles. The van der Waals surface area contributed by atoms with Gasteiger partial charge < -0.3 is 5.11 Å². The Morgan fingerprint density at radius 2 is 1.02 bits per heavy atom. The van der Waals surface area contributed by atoms with E-state index in [1.807, 2.05) is 24.4 Å². The molecule has 0 saturated carbocycles. The summed E-state index contributed by atoms with van der Waals surface area (Å²) in [4.78, 5) is 10.6. The van der Waals surface area contributed by atoms with Crippen LogP contribution >= 0.6 is 0 Å². The number of aromatic nitrogens is 3. The van der Waals surface area contributed by atoms with Crippen LogP contribution in [-0.2, 0) is 21.7 Å². The summed E-state index contributed by atoms with van der Waals surface area (Å²) in [5.74, 6) is 0.918. The maximum Gasteiger partial charge on any atom is 0.149 e. The molecule has 0 aliphatic carbocycles. The lowest BCUT2D eigenvalue weighted by atomic mass is 9.74. The molecule has 2 aromatic heterocycles. The van der Waals surface area contributed by atoms with E-state index in [0.717, 1.165) is 50.2 Å². The minimum Gasteiger partial charge on any atom is -0.507 e. The standard InChI is InChI=1S/C52H57N3O/c1-49(2,3)39-24-19-25-40(50(4,5)6)47(39)55-44-26-18-23-35(46(44)54-48(55)36-22-16-17-27-45(36)56)37-31-38(42(52(10,11)12)32-41(37)51(7,8)9)43-30-34(28-29-53-43)33-20-14-13-15-21-33/h13-32,56H,1-12H3. The number of nitrogens with zero attached hydrogens (tertiary/aromatic N) is 3. The van der Waals surface area contributed by atoms with Gasteiger partial charge in [-0.25, -0.2) is 4.98 Å². The molecule has 0 aliphatic heterocycles. The summed E-state index contributed by atoms with van der Waals surface area (Å²) in [7, 11) is 0. The lowest BCUT2D eigenvalue weighted by Crippen LogP contribution is -2.22. The molecule has 0 fully saturated rings. The molecule has 4 heteroatoms. The van der Waals surface area contributed by atoms with E-state index in [1.54, 1.807) is 6.07 Å². The molecule has 0 atom stereocenters. The summed E-state index contributed by atoms with van der Waals surface area (Å²) in [5.41, 5.74) is 14.5. The summed E-state index contributed by atoms with van der Waals surface area (Å²) in [6, 6.07) is 40.5. The molecular formula is C52H57N3O. The number of hydrogen-bond donors (Lipinski definition) is 1. The van der Waals surface area contributed by atoms with Gasteiger partial charge in [-0.3, -0.25) is 9.55 Å². The van der Waals surface area contributed by atoms with E-state index < -0.39 is 0 Å². The Labute approximate surface area is 334 Å². The van der Waals surface area contributed by atoms with Gasteiger partial charge in [0.15, 0.2) is 0 Å². The van der Waals surface area contributed by atoms with Gasteiger partial charge >= 0.3 is 0 Å². The highest BCUT2D eigenvalue weighted by Crippen LogP contribution is 2.47. The molecule has 0 unspecified atom stereocenters. The average molecular weight is 740 g/mol. The number of fused-ring (bicyclic) bond motifs is 1. The molecule has 0 bridgehead atoms. The number of imidazole rings is 1. The van der Waals surface area contributed by atoms with E-state index in [-0.39, 0.29) is 27.4 Å². The van der Waals surface area contributed by atoms with Crippen molar-refractivity contribution in [3.63, 3.8) is 0 Å². The summed E-state index contributed by atoms with van der Waals surface area (Å²) in [6.07, 6.45) is 1.93. The zero-order chi connectivity index (χ0) is 40.4.